The molecule has 0 aliphatic rings. The van der Waals surface area contributed by atoms with Gasteiger partial charge in [-0.1, -0.05) is 62.3 Å². The van der Waals surface area contributed by atoms with Crippen LogP contribution in [0.2, 0.25) is 0 Å². The Balaban J connectivity index is -0.000000108. The first-order valence-corrected chi connectivity index (χ1v) is 6.47. The van der Waals surface area contributed by atoms with E-state index in [1.165, 1.54) is 0 Å². The first-order chi connectivity index (χ1) is 8.83. The summed E-state index contributed by atoms with van der Waals surface area (Å²) in [5.74, 6) is -3.02. The molecule has 0 amide bonds. The molecule has 0 aromatic carbocycles. The van der Waals surface area contributed by atoms with Crippen LogP contribution in [0.5, 0.6) is 0 Å². The van der Waals surface area contributed by atoms with Crippen molar-refractivity contribution in [2.75, 3.05) is 0 Å². The molecule has 0 aromatic heterocycles. The molecule has 0 unspecified atom stereocenters. The maximum atomic E-state index is 9.91. The van der Waals surface area contributed by atoms with E-state index in [1.54, 1.807) is 62.3 Å². The van der Waals surface area contributed by atoms with Crippen molar-refractivity contribution >= 4 is 17.9 Å². The van der Waals surface area contributed by atoms with Crippen molar-refractivity contribution in [1.82, 2.24) is 0 Å². The summed E-state index contributed by atoms with van der Waals surface area (Å²) in [7, 11) is 0. The Hall–Kier alpha value is -0.356. The molecule has 0 atom stereocenters. The fourth-order valence-corrected chi connectivity index (χ4v) is 0. The van der Waals surface area contributed by atoms with Gasteiger partial charge in [0.2, 0.25) is 0 Å². The largest absolute Gasteiger partial charge is 3.00 e. The standard InChI is InChI=1S/3C5H10O2.Tm/c3*1-5(2,3)4(6)7;/h3*1-3H3,(H,6,7);/q;;;+3/p-3. The summed E-state index contributed by atoms with van der Waals surface area (Å²) in [5, 5.41) is 29.7. The Morgan fingerprint density at radius 2 is 0.545 bits per heavy atom. The summed E-state index contributed by atoms with van der Waals surface area (Å²) in [5.41, 5.74) is -2.08. The molecular weight excluding hydrogens is 445 g/mol. The van der Waals surface area contributed by atoms with Crippen LogP contribution >= 0.6 is 0 Å². The van der Waals surface area contributed by atoms with Gasteiger partial charge in [-0.3, -0.25) is 0 Å². The molecule has 0 rings (SSSR count). The summed E-state index contributed by atoms with van der Waals surface area (Å²) in [6.45, 7) is 14.4. The molecule has 0 saturated heterocycles. The van der Waals surface area contributed by atoms with Gasteiger partial charge in [-0.15, -0.1) is 0 Å². The average Bonchev–Trinajstić information content (AvgIpc) is 2.14. The van der Waals surface area contributed by atoms with Crippen molar-refractivity contribution in [3.05, 3.63) is 0 Å². The molecule has 6 nitrogen and oxygen atoms in total. The van der Waals surface area contributed by atoms with Gasteiger partial charge >= 0.3 is 36.9 Å². The van der Waals surface area contributed by atoms with E-state index in [2.05, 4.69) is 0 Å². The molecule has 0 aliphatic heterocycles. The molecule has 0 spiro atoms. The third-order valence-electron chi connectivity index (χ3n) is 1.84. The summed E-state index contributed by atoms with van der Waals surface area (Å²) < 4.78 is 0. The molecule has 7 heteroatoms. The summed E-state index contributed by atoms with van der Waals surface area (Å²) >= 11 is 0. The van der Waals surface area contributed by atoms with E-state index in [0.29, 0.717) is 0 Å². The van der Waals surface area contributed by atoms with Gasteiger partial charge in [0.1, 0.15) is 0 Å². The number of rotatable bonds is 0. The molecule has 0 saturated carbocycles. The van der Waals surface area contributed by atoms with Crippen LogP contribution in [0, 0.1) is 53.1 Å². The second-order valence-corrected chi connectivity index (χ2v) is 7.61. The fraction of sp³-hybridized carbons (Fsp3) is 0.800. The van der Waals surface area contributed by atoms with E-state index in [-0.39, 0.29) is 36.9 Å². The molecule has 0 bridgehead atoms. The van der Waals surface area contributed by atoms with Gasteiger partial charge in [0.05, 0.1) is 0 Å². The number of hydrogen-bond acceptors (Lipinski definition) is 6. The minimum atomic E-state index is -1.01. The smallest absolute Gasteiger partial charge is 0.550 e. The number of aliphatic carboxylic acids is 3. The van der Waals surface area contributed by atoms with Crippen LogP contribution in [0.4, 0.5) is 0 Å². The van der Waals surface area contributed by atoms with Gasteiger partial charge in [0.15, 0.2) is 0 Å². The van der Waals surface area contributed by atoms with Crippen LogP contribution in [0.25, 0.3) is 0 Å². The van der Waals surface area contributed by atoms with Crippen LogP contribution in [0.15, 0.2) is 0 Å². The molecule has 22 heavy (non-hydrogen) atoms. The van der Waals surface area contributed by atoms with Crippen LogP contribution in [-0.4, -0.2) is 17.9 Å². The zero-order chi connectivity index (χ0) is 18.2. The molecule has 0 N–H and O–H groups in total. The molecular formula is C15H27O6Tm. The normalized spacial score (nSPS) is 10.8. The van der Waals surface area contributed by atoms with E-state index < -0.39 is 34.2 Å². The number of carboxylic acid groups (broad SMARTS) is 3. The third kappa shape index (κ3) is 21.9. The predicted octanol–water partition coefficient (Wildman–Crippen LogP) is -0.653. The van der Waals surface area contributed by atoms with Crippen molar-refractivity contribution < 1.29 is 66.6 Å². The predicted molar refractivity (Wildman–Crippen MR) is 73.4 cm³/mol. The van der Waals surface area contributed by atoms with Crippen molar-refractivity contribution in [1.29, 1.82) is 0 Å². The Labute approximate surface area is 162 Å². The van der Waals surface area contributed by atoms with Gasteiger partial charge in [-0.05, 0) is 0 Å². The van der Waals surface area contributed by atoms with E-state index in [4.69, 9.17) is 0 Å². The second kappa shape index (κ2) is 11.2. The molecule has 0 heterocycles. The van der Waals surface area contributed by atoms with Crippen LogP contribution in [-0.2, 0) is 14.4 Å². The van der Waals surface area contributed by atoms with E-state index in [0.717, 1.165) is 0 Å². The number of carbonyl (C=O) groups excluding carboxylic acids is 3. The minimum Gasteiger partial charge on any atom is -0.550 e. The summed E-state index contributed by atoms with van der Waals surface area (Å²) in [4.78, 5) is 29.7. The van der Waals surface area contributed by atoms with Crippen LogP contribution in [0.1, 0.15) is 62.3 Å². The van der Waals surface area contributed by atoms with Crippen LogP contribution in [0.3, 0.4) is 0 Å². The Morgan fingerprint density at radius 3 is 0.545 bits per heavy atom. The maximum Gasteiger partial charge on any atom is 3.00 e. The summed E-state index contributed by atoms with van der Waals surface area (Å²) in [6.07, 6.45) is 0. The van der Waals surface area contributed by atoms with Crippen molar-refractivity contribution in [2.24, 2.45) is 16.2 Å². The quantitative estimate of drug-likeness (QED) is 0.462. The first kappa shape index (κ1) is 29.6. The average molecular weight is 472 g/mol. The van der Waals surface area contributed by atoms with Crippen LogP contribution < -0.4 is 15.3 Å². The van der Waals surface area contributed by atoms with E-state index in [1.807, 2.05) is 0 Å². The van der Waals surface area contributed by atoms with Gasteiger partial charge in [-0.2, -0.15) is 0 Å². The van der Waals surface area contributed by atoms with Crippen molar-refractivity contribution in [2.45, 2.75) is 62.3 Å². The zero-order valence-corrected chi connectivity index (χ0v) is 16.5. The second-order valence-electron chi connectivity index (χ2n) is 7.61. The van der Waals surface area contributed by atoms with E-state index in [9.17, 15) is 29.7 Å². The maximum absolute atomic E-state index is 9.91. The van der Waals surface area contributed by atoms with Gasteiger partial charge in [0, 0.05) is 34.2 Å². The fourth-order valence-electron chi connectivity index (χ4n) is 0. The van der Waals surface area contributed by atoms with Crippen molar-refractivity contribution in [3.8, 4) is 0 Å². The topological polar surface area (TPSA) is 120 Å². The van der Waals surface area contributed by atoms with Gasteiger partial charge in [0.25, 0.3) is 0 Å². The Bertz CT molecular complexity index is 299. The van der Waals surface area contributed by atoms with Crippen molar-refractivity contribution in [3.63, 3.8) is 0 Å². The number of carboxylic acids is 3. The Morgan fingerprint density at radius 1 is 0.500 bits per heavy atom. The third-order valence-corrected chi connectivity index (χ3v) is 1.84. The Kier molecular flexibility index (Phi) is 15.1. The molecule has 136 valence electrons. The molecule has 0 aliphatic carbocycles. The van der Waals surface area contributed by atoms with Gasteiger partial charge < -0.3 is 29.7 Å². The minimum absolute atomic E-state index is 0. The monoisotopic (exact) mass is 472 g/mol. The van der Waals surface area contributed by atoms with Gasteiger partial charge in [-0.25, -0.2) is 0 Å². The molecule has 0 fully saturated rings. The molecule has 0 aromatic rings. The first-order valence-electron chi connectivity index (χ1n) is 6.47. The summed E-state index contributed by atoms with van der Waals surface area (Å²) in [6, 6.07) is 0. The molecule has 0 radical (unpaired) electrons. The number of hydrogen-bond donors (Lipinski definition) is 0. The SMILES string of the molecule is CC(C)(C)C(=O)[O-].CC(C)(C)C(=O)[O-].CC(C)(C)C(=O)[O-].[Tm+3]. The van der Waals surface area contributed by atoms with E-state index >= 15 is 0 Å². The number of carbonyl (C=O) groups is 3. The zero-order valence-electron chi connectivity index (χ0n) is 14.7.